The highest BCUT2D eigenvalue weighted by atomic mass is 15.3. The van der Waals surface area contributed by atoms with Gasteiger partial charge in [0.1, 0.15) is 18.2 Å². The van der Waals surface area contributed by atoms with Gasteiger partial charge in [0.15, 0.2) is 0 Å². The molecule has 0 amide bonds. The molecule has 1 fully saturated rings. The Hall–Kier alpha value is -3.47. The third-order valence-corrected chi connectivity index (χ3v) is 11.0. The van der Waals surface area contributed by atoms with E-state index in [0.29, 0.717) is 23.8 Å². The number of aliphatic imine (C=N–C) groups is 1. The summed E-state index contributed by atoms with van der Waals surface area (Å²) in [4.78, 5) is 5.39. The lowest BCUT2D eigenvalue weighted by molar-refractivity contribution is 0.311. The van der Waals surface area contributed by atoms with E-state index in [9.17, 15) is 0 Å². The number of fused-ring (bicyclic) bond motifs is 2. The topological polar surface area (TPSA) is 48.5 Å². The number of hydrogen-bond acceptors (Lipinski definition) is 4. The molecule has 2 aromatic rings. The molecular formula is C40H46N4. The molecule has 0 aromatic heterocycles. The van der Waals surface area contributed by atoms with E-state index in [1.54, 1.807) is 16.7 Å². The average molecular weight is 583 g/mol. The van der Waals surface area contributed by atoms with E-state index < -0.39 is 0 Å². The van der Waals surface area contributed by atoms with Gasteiger partial charge in [-0.2, -0.15) is 0 Å². The van der Waals surface area contributed by atoms with Crippen molar-refractivity contribution in [3.63, 3.8) is 0 Å². The standard InChI is InChI=1S/C40H46N4/c1-3-13-27(14-4-1)38-42-39(28-15-5-2-6-16-28)44-40(43-38)30-22-23-34(37-21-11-12-24-41-37)36(26-30)35-25-29-17-7-8-18-31(29)32-19-9-10-20-33(32)35/h1-7,10,13-15,17,20,22-23,26,28,32-33,35,37-38,40-41,43H,8-9,11-12,16,18-19,21,24-25H2,(H,42,44). The average Bonchev–Trinajstić information content (AvgIpc) is 3.12. The van der Waals surface area contributed by atoms with Crippen molar-refractivity contribution in [2.75, 3.05) is 6.54 Å². The molecule has 1 saturated heterocycles. The van der Waals surface area contributed by atoms with Gasteiger partial charge in [-0.25, -0.2) is 4.99 Å². The van der Waals surface area contributed by atoms with Crippen molar-refractivity contribution < 1.29 is 0 Å². The SMILES string of the molecule is C1=CCC(C2=NC(c3ccc(C4CCCCN4)c(C4CC5=C(CCC=C5)C5CCC=CC54)c3)NC(c3ccccc3)N2)C=C1. The number of nitrogens with one attached hydrogen (secondary N) is 3. The molecule has 0 spiro atoms. The summed E-state index contributed by atoms with van der Waals surface area (Å²) in [5.74, 6) is 3.12. The van der Waals surface area contributed by atoms with Crippen molar-refractivity contribution in [1.29, 1.82) is 0 Å². The van der Waals surface area contributed by atoms with E-state index >= 15 is 0 Å². The number of amidine groups is 1. The van der Waals surface area contributed by atoms with Crippen LogP contribution in [0, 0.1) is 17.8 Å². The molecule has 0 saturated carbocycles. The van der Waals surface area contributed by atoms with E-state index in [2.05, 4.69) is 113 Å². The first-order valence-corrected chi connectivity index (χ1v) is 17.2. The minimum absolute atomic E-state index is 0.0107. The Morgan fingerprint density at radius 3 is 2.61 bits per heavy atom. The van der Waals surface area contributed by atoms with Crippen LogP contribution in [-0.4, -0.2) is 12.4 Å². The third-order valence-electron chi connectivity index (χ3n) is 11.0. The molecule has 8 rings (SSSR count). The van der Waals surface area contributed by atoms with E-state index in [-0.39, 0.29) is 18.2 Å². The van der Waals surface area contributed by atoms with Crippen molar-refractivity contribution in [3.05, 3.63) is 131 Å². The predicted molar refractivity (Wildman–Crippen MR) is 181 cm³/mol. The van der Waals surface area contributed by atoms with Crippen molar-refractivity contribution in [2.24, 2.45) is 22.7 Å². The molecule has 3 N–H and O–H groups in total. The Bertz CT molecular complexity index is 1540. The first-order chi connectivity index (χ1) is 21.8. The quantitative estimate of drug-likeness (QED) is 0.309. The normalized spacial score (nSPS) is 32.9. The van der Waals surface area contributed by atoms with E-state index in [0.717, 1.165) is 25.2 Å². The summed E-state index contributed by atoms with van der Waals surface area (Å²) in [6.45, 7) is 1.12. The Morgan fingerprint density at radius 2 is 1.75 bits per heavy atom. The molecule has 7 unspecified atom stereocenters. The minimum Gasteiger partial charge on any atom is -0.354 e. The summed E-state index contributed by atoms with van der Waals surface area (Å²) < 4.78 is 0. The predicted octanol–water partition coefficient (Wildman–Crippen LogP) is 8.64. The third kappa shape index (κ3) is 5.48. The minimum atomic E-state index is -0.103. The largest absolute Gasteiger partial charge is 0.354 e. The highest BCUT2D eigenvalue weighted by Crippen LogP contribution is 2.52. The van der Waals surface area contributed by atoms with Crippen molar-refractivity contribution >= 4 is 5.84 Å². The van der Waals surface area contributed by atoms with E-state index in [1.807, 2.05) is 0 Å². The molecule has 4 aliphatic carbocycles. The van der Waals surface area contributed by atoms with Crippen LogP contribution in [0.1, 0.15) is 104 Å². The Labute approximate surface area is 263 Å². The van der Waals surface area contributed by atoms with Gasteiger partial charge in [-0.1, -0.05) is 109 Å². The maximum atomic E-state index is 5.39. The summed E-state index contributed by atoms with van der Waals surface area (Å²) in [5.41, 5.74) is 9.01. The van der Waals surface area contributed by atoms with Gasteiger partial charge in [0, 0.05) is 12.0 Å². The summed E-state index contributed by atoms with van der Waals surface area (Å²) >= 11 is 0. The molecule has 2 aromatic carbocycles. The number of benzene rings is 2. The molecule has 4 nitrogen and oxygen atoms in total. The maximum absolute atomic E-state index is 5.39. The van der Waals surface area contributed by atoms with Gasteiger partial charge in [-0.3, -0.25) is 5.32 Å². The van der Waals surface area contributed by atoms with Crippen LogP contribution in [0.15, 0.2) is 113 Å². The van der Waals surface area contributed by atoms with Crippen LogP contribution in [0.2, 0.25) is 0 Å². The van der Waals surface area contributed by atoms with Gasteiger partial charge in [-0.15, -0.1) is 0 Å². The van der Waals surface area contributed by atoms with Crippen molar-refractivity contribution in [1.82, 2.24) is 16.0 Å². The second-order valence-corrected chi connectivity index (χ2v) is 13.6. The molecular weight excluding hydrogens is 536 g/mol. The summed E-state index contributed by atoms with van der Waals surface area (Å²) in [7, 11) is 0. The fourth-order valence-electron chi connectivity index (χ4n) is 8.78. The van der Waals surface area contributed by atoms with Crippen LogP contribution in [0.25, 0.3) is 0 Å². The van der Waals surface area contributed by atoms with Gasteiger partial charge in [0.2, 0.25) is 0 Å². The van der Waals surface area contributed by atoms with Gasteiger partial charge in [0.05, 0.1) is 0 Å². The molecule has 6 aliphatic rings. The second kappa shape index (κ2) is 12.5. The lowest BCUT2D eigenvalue weighted by atomic mass is 9.61. The lowest BCUT2D eigenvalue weighted by Gasteiger charge is -2.44. The van der Waals surface area contributed by atoms with Crippen LogP contribution in [0.5, 0.6) is 0 Å². The van der Waals surface area contributed by atoms with E-state index in [4.69, 9.17) is 4.99 Å². The summed E-state index contributed by atoms with van der Waals surface area (Å²) in [5, 5.41) is 11.6. The highest BCUT2D eigenvalue weighted by molar-refractivity contribution is 5.87. The van der Waals surface area contributed by atoms with Crippen LogP contribution in [-0.2, 0) is 0 Å². The van der Waals surface area contributed by atoms with Gasteiger partial charge < -0.3 is 10.6 Å². The number of rotatable bonds is 5. The van der Waals surface area contributed by atoms with Gasteiger partial charge in [-0.05, 0) is 103 Å². The van der Waals surface area contributed by atoms with E-state index in [1.165, 1.54) is 61.6 Å². The lowest BCUT2D eigenvalue weighted by Crippen LogP contribution is -2.47. The fraction of sp³-hybridized carbons (Fsp3) is 0.425. The first kappa shape index (κ1) is 28.0. The number of nitrogens with zero attached hydrogens (tertiary/aromatic N) is 1. The molecule has 0 bridgehead atoms. The van der Waals surface area contributed by atoms with Crippen LogP contribution >= 0.6 is 0 Å². The highest BCUT2D eigenvalue weighted by Gasteiger charge is 2.40. The second-order valence-electron chi connectivity index (χ2n) is 13.6. The molecule has 2 heterocycles. The summed E-state index contributed by atoms with van der Waals surface area (Å²) in [6, 6.07) is 18.6. The van der Waals surface area contributed by atoms with Gasteiger partial charge >= 0.3 is 0 Å². The zero-order chi connectivity index (χ0) is 29.3. The maximum Gasteiger partial charge on any atom is 0.129 e. The van der Waals surface area contributed by atoms with Gasteiger partial charge in [0.25, 0.3) is 0 Å². The zero-order valence-electron chi connectivity index (χ0n) is 25.8. The smallest absolute Gasteiger partial charge is 0.129 e. The summed E-state index contributed by atoms with van der Waals surface area (Å²) in [6.07, 6.45) is 29.7. The Kier molecular flexibility index (Phi) is 7.96. The molecule has 2 aliphatic heterocycles. The van der Waals surface area contributed by atoms with Crippen LogP contribution in [0.3, 0.4) is 0 Å². The Morgan fingerprint density at radius 1 is 0.795 bits per heavy atom. The molecule has 44 heavy (non-hydrogen) atoms. The van der Waals surface area contributed by atoms with Crippen LogP contribution < -0.4 is 16.0 Å². The van der Waals surface area contributed by atoms with Crippen molar-refractivity contribution in [3.8, 4) is 0 Å². The van der Waals surface area contributed by atoms with Crippen LogP contribution in [0.4, 0.5) is 0 Å². The molecule has 7 atom stereocenters. The zero-order valence-corrected chi connectivity index (χ0v) is 25.8. The molecule has 0 radical (unpaired) electrons. The number of allylic oxidation sites excluding steroid dienone is 9. The first-order valence-electron chi connectivity index (χ1n) is 17.2. The monoisotopic (exact) mass is 582 g/mol. The van der Waals surface area contributed by atoms with Crippen molar-refractivity contribution in [2.45, 2.75) is 82.1 Å². The number of hydrogen-bond donors (Lipinski definition) is 3. The molecule has 226 valence electrons. The Balaban J connectivity index is 1.21. The number of piperidine rings is 1. The molecule has 4 heteroatoms. The fourth-order valence-corrected chi connectivity index (χ4v) is 8.78.